The van der Waals surface area contributed by atoms with Gasteiger partial charge in [0.25, 0.3) is 0 Å². The summed E-state index contributed by atoms with van der Waals surface area (Å²) in [6.07, 6.45) is 0. The third-order valence-electron chi connectivity index (χ3n) is 3.06. The molecule has 0 spiro atoms. The van der Waals surface area contributed by atoms with Gasteiger partial charge in [0.2, 0.25) is 0 Å². The zero-order valence-electron chi connectivity index (χ0n) is 10.7. The normalized spacial score (nSPS) is 11.1. The fourth-order valence-electron chi connectivity index (χ4n) is 2.42. The molecule has 17 heavy (non-hydrogen) atoms. The van der Waals surface area contributed by atoms with E-state index in [2.05, 4.69) is 18.4 Å². The van der Waals surface area contributed by atoms with E-state index in [4.69, 9.17) is 4.74 Å². The fourth-order valence-corrected chi connectivity index (χ4v) is 2.42. The maximum Gasteiger partial charge on any atom is 0.340 e. The average Bonchev–Trinajstić information content (AvgIpc) is 2.60. The number of carbonyl (C=O) groups excluding carboxylic acids is 1. The summed E-state index contributed by atoms with van der Waals surface area (Å²) >= 11 is 0. The van der Waals surface area contributed by atoms with Crippen LogP contribution < -0.4 is 0 Å². The number of ether oxygens (including phenoxy) is 1. The number of hydrogen-bond donors (Lipinski definition) is 0. The lowest BCUT2D eigenvalue weighted by atomic mass is 10.1. The lowest BCUT2D eigenvalue weighted by molar-refractivity contribution is 0.0602. The molecule has 0 N–H and O–H groups in total. The summed E-state index contributed by atoms with van der Waals surface area (Å²) in [6.45, 7) is 6.19. The minimum absolute atomic E-state index is 0.266. The summed E-state index contributed by atoms with van der Waals surface area (Å²) in [6, 6.07) is 8.25. The molecule has 0 bridgehead atoms. The lowest BCUT2D eigenvalue weighted by Gasteiger charge is -2.12. The van der Waals surface area contributed by atoms with Crippen molar-refractivity contribution < 1.29 is 9.53 Å². The van der Waals surface area contributed by atoms with Crippen molar-refractivity contribution in [1.82, 2.24) is 4.57 Å². The molecule has 3 heteroatoms. The molecule has 0 atom stereocenters. The largest absolute Gasteiger partial charge is 0.465 e. The van der Waals surface area contributed by atoms with Crippen molar-refractivity contribution in [2.75, 3.05) is 7.11 Å². The number of fused-ring (bicyclic) bond motifs is 1. The van der Waals surface area contributed by atoms with Gasteiger partial charge < -0.3 is 9.30 Å². The molecule has 2 rings (SSSR count). The van der Waals surface area contributed by atoms with E-state index in [0.717, 1.165) is 16.6 Å². The zero-order valence-corrected chi connectivity index (χ0v) is 10.7. The highest BCUT2D eigenvalue weighted by Crippen LogP contribution is 2.29. The average molecular weight is 231 g/mol. The van der Waals surface area contributed by atoms with Crippen LogP contribution in [0.1, 0.15) is 35.9 Å². The monoisotopic (exact) mass is 231 g/mol. The van der Waals surface area contributed by atoms with Crippen LogP contribution in [0.5, 0.6) is 0 Å². The first-order valence-electron chi connectivity index (χ1n) is 5.75. The first kappa shape index (κ1) is 11.7. The maximum atomic E-state index is 11.8. The van der Waals surface area contributed by atoms with E-state index in [-0.39, 0.29) is 5.97 Å². The number of hydrogen-bond acceptors (Lipinski definition) is 2. The molecule has 3 nitrogen and oxygen atoms in total. The molecule has 0 saturated carbocycles. The van der Waals surface area contributed by atoms with Gasteiger partial charge in [0, 0.05) is 22.6 Å². The minimum Gasteiger partial charge on any atom is -0.465 e. The van der Waals surface area contributed by atoms with Gasteiger partial charge in [-0.2, -0.15) is 0 Å². The van der Waals surface area contributed by atoms with Crippen LogP contribution in [0.15, 0.2) is 24.3 Å². The number of benzene rings is 1. The van der Waals surface area contributed by atoms with E-state index >= 15 is 0 Å². The maximum absolute atomic E-state index is 11.8. The Labute approximate surface area is 101 Å². The molecule has 0 aliphatic rings. The first-order valence-corrected chi connectivity index (χ1v) is 5.75. The summed E-state index contributed by atoms with van der Waals surface area (Å²) in [5.41, 5.74) is 2.73. The molecule has 0 fully saturated rings. The van der Waals surface area contributed by atoms with E-state index in [1.54, 1.807) is 0 Å². The predicted octanol–water partition coefficient (Wildman–Crippen LogP) is 3.32. The van der Waals surface area contributed by atoms with E-state index in [1.807, 2.05) is 31.2 Å². The van der Waals surface area contributed by atoms with E-state index < -0.39 is 0 Å². The van der Waals surface area contributed by atoms with Crippen molar-refractivity contribution in [3.05, 3.63) is 35.5 Å². The van der Waals surface area contributed by atoms with Gasteiger partial charge in [-0.1, -0.05) is 18.2 Å². The quantitative estimate of drug-likeness (QED) is 0.742. The molecule has 0 aliphatic heterocycles. The highest BCUT2D eigenvalue weighted by atomic mass is 16.5. The second kappa shape index (κ2) is 4.24. The summed E-state index contributed by atoms with van der Waals surface area (Å²) in [4.78, 5) is 11.8. The molecule has 0 saturated heterocycles. The van der Waals surface area contributed by atoms with Crippen LogP contribution in [0.25, 0.3) is 10.9 Å². The summed E-state index contributed by atoms with van der Waals surface area (Å²) < 4.78 is 7.03. The lowest BCUT2D eigenvalue weighted by Crippen LogP contribution is -2.06. The van der Waals surface area contributed by atoms with Gasteiger partial charge in [0.1, 0.15) is 0 Å². The van der Waals surface area contributed by atoms with Crippen molar-refractivity contribution in [2.45, 2.75) is 26.8 Å². The van der Waals surface area contributed by atoms with E-state index in [0.29, 0.717) is 11.6 Å². The van der Waals surface area contributed by atoms with E-state index in [1.165, 1.54) is 7.11 Å². The molecule has 1 aromatic carbocycles. The van der Waals surface area contributed by atoms with Crippen LogP contribution in [0, 0.1) is 6.92 Å². The Bertz CT molecular complexity index is 567. The molecule has 90 valence electrons. The topological polar surface area (TPSA) is 31.2 Å². The SMILES string of the molecule is COC(=O)c1c(C)n(C(C)C)c2ccccc12. The number of esters is 1. The Kier molecular flexibility index (Phi) is 2.92. The number of methoxy groups -OCH3 is 1. The van der Waals surface area contributed by atoms with Gasteiger partial charge >= 0.3 is 5.97 Å². The van der Waals surface area contributed by atoms with Crippen LogP contribution in [-0.2, 0) is 4.74 Å². The van der Waals surface area contributed by atoms with Crippen LogP contribution in [-0.4, -0.2) is 17.6 Å². The van der Waals surface area contributed by atoms with Crippen molar-refractivity contribution in [3.8, 4) is 0 Å². The molecule has 1 aromatic heterocycles. The number of rotatable bonds is 2. The molecule has 0 radical (unpaired) electrons. The summed E-state index contributed by atoms with van der Waals surface area (Å²) in [5, 5.41) is 0.963. The van der Waals surface area contributed by atoms with Crippen LogP contribution in [0.2, 0.25) is 0 Å². The van der Waals surface area contributed by atoms with Crippen molar-refractivity contribution >= 4 is 16.9 Å². The Morgan fingerprint density at radius 3 is 2.53 bits per heavy atom. The van der Waals surface area contributed by atoms with Crippen LogP contribution in [0.3, 0.4) is 0 Å². The van der Waals surface area contributed by atoms with Gasteiger partial charge in [0.05, 0.1) is 12.7 Å². The van der Waals surface area contributed by atoms with Gasteiger partial charge in [-0.3, -0.25) is 0 Å². The molecule has 0 unspecified atom stereocenters. The first-order chi connectivity index (χ1) is 8.07. The van der Waals surface area contributed by atoms with Crippen LogP contribution in [0.4, 0.5) is 0 Å². The van der Waals surface area contributed by atoms with Crippen LogP contribution >= 0.6 is 0 Å². The Morgan fingerprint density at radius 1 is 1.29 bits per heavy atom. The van der Waals surface area contributed by atoms with Crippen molar-refractivity contribution in [2.24, 2.45) is 0 Å². The Balaban J connectivity index is 2.84. The number of nitrogens with zero attached hydrogens (tertiary/aromatic N) is 1. The van der Waals surface area contributed by atoms with Gasteiger partial charge in [-0.25, -0.2) is 4.79 Å². The molecular weight excluding hydrogens is 214 g/mol. The highest BCUT2D eigenvalue weighted by Gasteiger charge is 2.20. The second-order valence-corrected chi connectivity index (χ2v) is 4.43. The van der Waals surface area contributed by atoms with Gasteiger partial charge in [-0.05, 0) is 26.8 Å². The number of aromatic nitrogens is 1. The highest BCUT2D eigenvalue weighted by molar-refractivity contribution is 6.05. The summed E-state index contributed by atoms with van der Waals surface area (Å²) in [5.74, 6) is -0.266. The Morgan fingerprint density at radius 2 is 1.94 bits per heavy atom. The smallest absolute Gasteiger partial charge is 0.340 e. The third-order valence-corrected chi connectivity index (χ3v) is 3.06. The minimum atomic E-state index is -0.266. The standard InChI is InChI=1S/C14H17NO2/c1-9(2)15-10(3)13(14(16)17-4)11-7-5-6-8-12(11)15/h5-9H,1-4H3. The number of carbonyl (C=O) groups is 1. The zero-order chi connectivity index (χ0) is 12.6. The fraction of sp³-hybridized carbons (Fsp3) is 0.357. The molecule has 1 heterocycles. The molecular formula is C14H17NO2. The van der Waals surface area contributed by atoms with Crippen molar-refractivity contribution in [3.63, 3.8) is 0 Å². The molecule has 0 amide bonds. The summed E-state index contributed by atoms with van der Waals surface area (Å²) in [7, 11) is 1.42. The van der Waals surface area contributed by atoms with Gasteiger partial charge in [0.15, 0.2) is 0 Å². The third kappa shape index (κ3) is 1.71. The van der Waals surface area contributed by atoms with Crippen molar-refractivity contribution in [1.29, 1.82) is 0 Å². The van der Waals surface area contributed by atoms with Gasteiger partial charge in [-0.15, -0.1) is 0 Å². The number of para-hydroxylation sites is 1. The molecule has 0 aliphatic carbocycles. The predicted molar refractivity (Wildman–Crippen MR) is 68.4 cm³/mol. The Hall–Kier alpha value is -1.77. The van der Waals surface area contributed by atoms with E-state index in [9.17, 15) is 4.79 Å². The second-order valence-electron chi connectivity index (χ2n) is 4.43. The molecule has 2 aromatic rings.